The van der Waals surface area contributed by atoms with Crippen molar-refractivity contribution in [1.29, 1.82) is 0 Å². The van der Waals surface area contributed by atoms with Crippen LogP contribution in [-0.2, 0) is 10.8 Å². The van der Waals surface area contributed by atoms with Crippen LogP contribution in [0.25, 0.3) is 44.5 Å². The van der Waals surface area contributed by atoms with Crippen LogP contribution in [0.1, 0.15) is 66.3 Å². The molecule has 0 unspecified atom stereocenters. The minimum absolute atomic E-state index is 0.362. The molecular weight excluding hydrogens is 723 g/mol. The first kappa shape index (κ1) is 34.4. The molecule has 4 bridgehead atoms. The van der Waals surface area contributed by atoms with Gasteiger partial charge in [-0.05, 0) is 170 Å². The van der Waals surface area contributed by atoms with Gasteiger partial charge in [0.2, 0.25) is 0 Å². The predicted molar refractivity (Wildman–Crippen MR) is 248 cm³/mol. The van der Waals surface area contributed by atoms with E-state index in [2.05, 4.69) is 199 Å². The first-order valence-electron chi connectivity index (χ1n) is 22.3. The quantitative estimate of drug-likeness (QED) is 0.163. The maximum absolute atomic E-state index is 2.53. The number of hydrogen-bond acceptors (Lipinski definition) is 1. The summed E-state index contributed by atoms with van der Waals surface area (Å²) in [5, 5.41) is 0. The summed E-state index contributed by atoms with van der Waals surface area (Å²) < 4.78 is 0. The molecule has 1 spiro atoms. The molecule has 0 saturated heterocycles. The predicted octanol–water partition coefficient (Wildman–Crippen LogP) is 15.3. The molecule has 288 valence electrons. The molecule has 0 atom stereocenters. The van der Waals surface area contributed by atoms with Crippen LogP contribution in [-0.4, -0.2) is 0 Å². The van der Waals surface area contributed by atoms with E-state index in [0.29, 0.717) is 5.41 Å². The Bertz CT molecular complexity index is 2860. The molecule has 1 heteroatoms. The summed E-state index contributed by atoms with van der Waals surface area (Å²) in [6, 6.07) is 73.5. The van der Waals surface area contributed by atoms with Gasteiger partial charge in [-0.15, -0.1) is 0 Å². The molecule has 0 heterocycles. The number of rotatable bonds is 6. The zero-order valence-corrected chi connectivity index (χ0v) is 33.9. The van der Waals surface area contributed by atoms with Crippen molar-refractivity contribution >= 4 is 17.1 Å². The fraction of sp³-hybridized carbons (Fsp3) is 0.186. The third-order valence-electron chi connectivity index (χ3n) is 15.5. The molecular formula is C59H47N. The van der Waals surface area contributed by atoms with Crippen LogP contribution in [0.4, 0.5) is 17.1 Å². The van der Waals surface area contributed by atoms with Gasteiger partial charge in [-0.2, -0.15) is 0 Å². The lowest BCUT2D eigenvalue weighted by Gasteiger charge is -2.57. The van der Waals surface area contributed by atoms with Crippen LogP contribution in [0.2, 0.25) is 0 Å². The Morgan fingerprint density at radius 1 is 0.333 bits per heavy atom. The minimum atomic E-state index is -0.395. The summed E-state index contributed by atoms with van der Waals surface area (Å²) in [4.78, 5) is 2.51. The third-order valence-corrected chi connectivity index (χ3v) is 15.5. The minimum Gasteiger partial charge on any atom is -0.310 e. The number of benzene rings is 8. The fourth-order valence-electron chi connectivity index (χ4n) is 13.5. The lowest BCUT2D eigenvalue weighted by Crippen LogP contribution is -2.48. The molecule has 8 aromatic rings. The second-order valence-electron chi connectivity index (χ2n) is 18.7. The molecule has 60 heavy (non-hydrogen) atoms. The summed E-state index contributed by atoms with van der Waals surface area (Å²) in [6.45, 7) is 0. The Morgan fingerprint density at radius 3 is 1.25 bits per heavy atom. The summed E-state index contributed by atoms with van der Waals surface area (Å²) in [5.74, 6) is 2.77. The number of anilines is 3. The first-order valence-corrected chi connectivity index (χ1v) is 22.3. The molecule has 14 rings (SSSR count). The molecule has 0 radical (unpaired) electrons. The highest BCUT2D eigenvalue weighted by Gasteiger charge is 2.53. The van der Waals surface area contributed by atoms with Crippen LogP contribution >= 0.6 is 0 Å². The van der Waals surface area contributed by atoms with Crippen LogP contribution in [0.5, 0.6) is 0 Å². The normalized spacial score (nSPS) is 22.0. The van der Waals surface area contributed by atoms with Gasteiger partial charge in [-0.1, -0.05) is 158 Å². The van der Waals surface area contributed by atoms with E-state index in [9.17, 15) is 0 Å². The summed E-state index contributed by atoms with van der Waals surface area (Å²) in [5.41, 5.74) is 20.9. The Morgan fingerprint density at radius 2 is 0.733 bits per heavy atom. The topological polar surface area (TPSA) is 3.24 Å². The van der Waals surface area contributed by atoms with Gasteiger partial charge < -0.3 is 4.90 Å². The SMILES string of the molecule is c1ccc(-c2ccccc2-c2ccc(N(c3ccc(C45CC6CC(CC(C6)C4)C5)cc3)c3ccc4c(c3)C3(c5ccccc5-c5ccccc53)c3ccccc3-4)cc2)cc1. The van der Waals surface area contributed by atoms with Crippen molar-refractivity contribution in [3.63, 3.8) is 0 Å². The number of nitrogens with zero attached hydrogens (tertiary/aromatic N) is 1. The Labute approximate surface area is 354 Å². The number of hydrogen-bond donors (Lipinski definition) is 0. The van der Waals surface area contributed by atoms with E-state index in [1.54, 1.807) is 5.56 Å². The lowest BCUT2D eigenvalue weighted by molar-refractivity contribution is -0.00518. The van der Waals surface area contributed by atoms with E-state index >= 15 is 0 Å². The van der Waals surface area contributed by atoms with Gasteiger partial charge in [-0.3, -0.25) is 0 Å². The summed E-state index contributed by atoms with van der Waals surface area (Å²) in [7, 11) is 0. The van der Waals surface area contributed by atoms with Gasteiger partial charge >= 0.3 is 0 Å². The van der Waals surface area contributed by atoms with Crippen molar-refractivity contribution in [2.75, 3.05) is 4.90 Å². The van der Waals surface area contributed by atoms with E-state index in [4.69, 9.17) is 0 Å². The molecule has 6 aliphatic rings. The zero-order valence-electron chi connectivity index (χ0n) is 33.9. The van der Waals surface area contributed by atoms with Crippen molar-refractivity contribution in [3.8, 4) is 44.5 Å². The van der Waals surface area contributed by atoms with E-state index in [-0.39, 0.29) is 0 Å². The molecule has 4 fully saturated rings. The van der Waals surface area contributed by atoms with E-state index in [1.807, 2.05) is 0 Å². The monoisotopic (exact) mass is 769 g/mol. The summed E-state index contributed by atoms with van der Waals surface area (Å²) in [6.07, 6.45) is 8.54. The van der Waals surface area contributed by atoms with Crippen LogP contribution < -0.4 is 4.90 Å². The maximum atomic E-state index is 2.53. The average molecular weight is 770 g/mol. The van der Waals surface area contributed by atoms with Crippen molar-refractivity contribution in [2.45, 2.75) is 49.4 Å². The van der Waals surface area contributed by atoms with Gasteiger partial charge in [-0.25, -0.2) is 0 Å². The second-order valence-corrected chi connectivity index (χ2v) is 18.7. The highest BCUT2D eigenvalue weighted by Crippen LogP contribution is 2.64. The molecule has 1 nitrogen and oxygen atoms in total. The smallest absolute Gasteiger partial charge is 0.0726 e. The molecule has 0 amide bonds. The van der Waals surface area contributed by atoms with Crippen LogP contribution in [0, 0.1) is 17.8 Å². The van der Waals surface area contributed by atoms with Gasteiger partial charge in [0.15, 0.2) is 0 Å². The molecule has 6 aliphatic carbocycles. The highest BCUT2D eigenvalue weighted by molar-refractivity contribution is 5.96. The lowest BCUT2D eigenvalue weighted by atomic mass is 9.48. The van der Waals surface area contributed by atoms with Gasteiger partial charge in [0.1, 0.15) is 0 Å². The zero-order chi connectivity index (χ0) is 39.4. The third kappa shape index (κ3) is 4.93. The fourth-order valence-corrected chi connectivity index (χ4v) is 13.5. The molecule has 4 saturated carbocycles. The van der Waals surface area contributed by atoms with Crippen LogP contribution in [0.3, 0.4) is 0 Å². The van der Waals surface area contributed by atoms with Crippen molar-refractivity contribution in [2.24, 2.45) is 17.8 Å². The van der Waals surface area contributed by atoms with Crippen molar-refractivity contribution in [1.82, 2.24) is 0 Å². The first-order chi connectivity index (χ1) is 29.7. The molecule has 0 N–H and O–H groups in total. The van der Waals surface area contributed by atoms with Crippen LogP contribution in [0.15, 0.2) is 194 Å². The van der Waals surface area contributed by atoms with E-state index in [0.717, 1.165) is 23.4 Å². The summed E-state index contributed by atoms with van der Waals surface area (Å²) >= 11 is 0. The van der Waals surface area contributed by atoms with E-state index < -0.39 is 5.41 Å². The highest BCUT2D eigenvalue weighted by atomic mass is 15.1. The molecule has 0 aromatic heterocycles. The largest absolute Gasteiger partial charge is 0.310 e. The maximum Gasteiger partial charge on any atom is 0.0726 e. The molecule has 0 aliphatic heterocycles. The Kier molecular flexibility index (Phi) is 7.48. The van der Waals surface area contributed by atoms with E-state index in [1.165, 1.54) is 117 Å². The van der Waals surface area contributed by atoms with Gasteiger partial charge in [0.25, 0.3) is 0 Å². The van der Waals surface area contributed by atoms with Crippen molar-refractivity contribution < 1.29 is 0 Å². The van der Waals surface area contributed by atoms with Gasteiger partial charge in [0.05, 0.1) is 5.41 Å². The Balaban J connectivity index is 0.977. The average Bonchev–Trinajstić information content (AvgIpc) is 3.77. The Hall–Kier alpha value is -6.44. The molecule has 8 aromatic carbocycles. The van der Waals surface area contributed by atoms with Crippen molar-refractivity contribution in [3.05, 3.63) is 222 Å². The second kappa shape index (κ2) is 13.0. The van der Waals surface area contributed by atoms with Gasteiger partial charge in [0, 0.05) is 17.1 Å². The standard InChI is InChI=1S/C59H47N/c1-2-12-42(13-3-1)48-14-4-5-15-49(48)43-22-26-45(27-23-43)60(46-28-24-44(25-29-46)58-36-39-32-40(37-58)34-41(33-39)38-58)47-30-31-53-52-18-8-11-21-56(52)59(57(53)35-47)54-19-9-6-16-50(54)51-17-7-10-20-55(51)59/h1-31,35,39-41H,32-34,36-38H2. The number of fused-ring (bicyclic) bond motifs is 10.